The Bertz CT molecular complexity index is 1020. The van der Waals surface area contributed by atoms with E-state index < -0.39 is 11.6 Å². The minimum Gasteiger partial charge on any atom is -0.378 e. The lowest BCUT2D eigenvalue weighted by atomic mass is 9.89. The highest BCUT2D eigenvalue weighted by Crippen LogP contribution is 2.35. The van der Waals surface area contributed by atoms with Crippen molar-refractivity contribution in [3.05, 3.63) is 77.5 Å². The summed E-state index contributed by atoms with van der Waals surface area (Å²) in [5.41, 5.74) is 4.35. The van der Waals surface area contributed by atoms with Crippen LogP contribution in [0.5, 0.6) is 0 Å². The molecule has 4 rings (SSSR count). The maximum Gasteiger partial charge on any atom is 0.168 e. The lowest BCUT2D eigenvalue weighted by Crippen LogP contribution is -2.25. The molecule has 2 atom stereocenters. The average molecular weight is 436 g/mol. The normalized spacial score (nSPS) is 18.6. The van der Waals surface area contributed by atoms with E-state index in [1.165, 1.54) is 5.56 Å². The van der Waals surface area contributed by atoms with Crippen LogP contribution in [0.25, 0.3) is 22.4 Å². The first kappa shape index (κ1) is 22.6. The summed E-state index contributed by atoms with van der Waals surface area (Å²) in [5.74, 6) is -1.71. The highest BCUT2D eigenvalue weighted by atomic mass is 19.2. The van der Waals surface area contributed by atoms with Gasteiger partial charge in [0.1, 0.15) is 0 Å². The maximum atomic E-state index is 15.0. The van der Waals surface area contributed by atoms with Crippen LogP contribution in [-0.2, 0) is 11.2 Å². The zero-order valence-corrected chi connectivity index (χ0v) is 18.9. The van der Waals surface area contributed by atoms with Gasteiger partial charge in [-0.05, 0) is 54.5 Å². The number of pyridine rings is 1. The van der Waals surface area contributed by atoms with Gasteiger partial charge in [-0.2, -0.15) is 0 Å². The molecule has 0 bridgehead atoms. The Labute approximate surface area is 189 Å². The van der Waals surface area contributed by atoms with Crippen molar-refractivity contribution in [1.82, 2.24) is 4.98 Å². The van der Waals surface area contributed by atoms with Crippen molar-refractivity contribution in [3.63, 3.8) is 0 Å². The van der Waals surface area contributed by atoms with Crippen LogP contribution in [0, 0.1) is 11.6 Å². The summed E-state index contributed by atoms with van der Waals surface area (Å²) in [5, 5.41) is 0. The van der Waals surface area contributed by atoms with Crippen molar-refractivity contribution >= 4 is 0 Å². The van der Waals surface area contributed by atoms with Crippen molar-refractivity contribution in [1.29, 1.82) is 0 Å². The van der Waals surface area contributed by atoms with E-state index in [-0.39, 0.29) is 17.6 Å². The van der Waals surface area contributed by atoms with Crippen LogP contribution in [0.15, 0.2) is 54.7 Å². The molecule has 2 aromatic carbocycles. The minimum atomic E-state index is -0.831. The molecule has 1 aliphatic heterocycles. The van der Waals surface area contributed by atoms with Gasteiger partial charge in [-0.1, -0.05) is 63.1 Å². The lowest BCUT2D eigenvalue weighted by molar-refractivity contribution is -0.00181. The van der Waals surface area contributed by atoms with Gasteiger partial charge in [0.15, 0.2) is 11.6 Å². The third-order valence-electron chi connectivity index (χ3n) is 6.40. The number of hydrogen-bond acceptors (Lipinski definition) is 2. The van der Waals surface area contributed by atoms with Gasteiger partial charge in [0.25, 0.3) is 0 Å². The van der Waals surface area contributed by atoms with Gasteiger partial charge < -0.3 is 4.74 Å². The molecular formula is C28H31F2NO. The molecule has 0 amide bonds. The van der Waals surface area contributed by atoms with Gasteiger partial charge in [-0.15, -0.1) is 0 Å². The van der Waals surface area contributed by atoms with E-state index in [0.717, 1.165) is 49.7 Å². The molecule has 0 saturated carbocycles. The first-order valence-electron chi connectivity index (χ1n) is 11.8. The largest absolute Gasteiger partial charge is 0.378 e. The summed E-state index contributed by atoms with van der Waals surface area (Å²) in [6.07, 6.45) is 7.95. The van der Waals surface area contributed by atoms with Crippen LogP contribution in [0.2, 0.25) is 0 Å². The van der Waals surface area contributed by atoms with E-state index in [1.807, 2.05) is 6.07 Å². The number of nitrogens with zero attached hydrogens (tertiary/aromatic N) is 1. The Morgan fingerprint density at radius 3 is 2.28 bits per heavy atom. The van der Waals surface area contributed by atoms with Crippen molar-refractivity contribution in [2.45, 2.75) is 64.4 Å². The highest BCUT2D eigenvalue weighted by Gasteiger charge is 2.27. The first-order valence-corrected chi connectivity index (χ1v) is 11.8. The Hall–Kier alpha value is -2.59. The quantitative estimate of drug-likeness (QED) is 0.379. The predicted octanol–water partition coefficient (Wildman–Crippen LogP) is 7.71. The third kappa shape index (κ3) is 4.91. The number of benzene rings is 2. The molecule has 168 valence electrons. The molecule has 4 heteroatoms. The van der Waals surface area contributed by atoms with Gasteiger partial charge in [0.2, 0.25) is 0 Å². The van der Waals surface area contributed by atoms with E-state index in [1.54, 1.807) is 24.4 Å². The lowest BCUT2D eigenvalue weighted by Gasteiger charge is -2.29. The van der Waals surface area contributed by atoms with E-state index >= 15 is 0 Å². The van der Waals surface area contributed by atoms with E-state index in [9.17, 15) is 8.78 Å². The van der Waals surface area contributed by atoms with Crippen LogP contribution in [0.3, 0.4) is 0 Å². The molecule has 2 heterocycles. The number of ether oxygens (including phenoxy) is 1. The smallest absolute Gasteiger partial charge is 0.168 e. The second kappa shape index (κ2) is 10.4. The number of hydrogen-bond donors (Lipinski definition) is 0. The fraction of sp³-hybridized carbons (Fsp3) is 0.393. The zero-order chi connectivity index (χ0) is 22.5. The summed E-state index contributed by atoms with van der Waals surface area (Å²) in [6.45, 7) is 4.74. The van der Waals surface area contributed by atoms with Gasteiger partial charge in [0, 0.05) is 23.2 Å². The average Bonchev–Trinajstić information content (AvgIpc) is 2.83. The second-order valence-electron chi connectivity index (χ2n) is 8.73. The summed E-state index contributed by atoms with van der Waals surface area (Å²) in [7, 11) is 0. The van der Waals surface area contributed by atoms with Crippen LogP contribution >= 0.6 is 0 Å². The van der Waals surface area contributed by atoms with E-state index in [0.29, 0.717) is 17.9 Å². The molecule has 0 radical (unpaired) electrons. The molecule has 0 spiro atoms. The zero-order valence-electron chi connectivity index (χ0n) is 18.9. The van der Waals surface area contributed by atoms with Crippen molar-refractivity contribution in [3.8, 4) is 22.4 Å². The second-order valence-corrected chi connectivity index (χ2v) is 8.73. The summed E-state index contributed by atoms with van der Waals surface area (Å²) in [6, 6.07) is 15.4. The standard InChI is InChI=1S/C28H31F2NO/c1-3-5-19-7-9-20(10-8-19)21-12-16-26(31-17-21)25-15-14-24(27(29)28(25)30)22-11-13-23(6-4-2)32-18-22/h7-10,12,14-17,22-23H,3-6,11,13,18H2,1-2H3. The molecule has 32 heavy (non-hydrogen) atoms. The Kier molecular flexibility index (Phi) is 7.31. The fourth-order valence-electron chi connectivity index (χ4n) is 4.55. The SMILES string of the molecule is CCCc1ccc(-c2ccc(-c3ccc(C4CCC(CCC)OC4)c(F)c3F)nc2)cc1. The molecule has 3 aromatic rings. The molecule has 0 aliphatic carbocycles. The van der Waals surface area contributed by atoms with Crippen LogP contribution in [0.4, 0.5) is 8.78 Å². The van der Waals surface area contributed by atoms with Crippen molar-refractivity contribution < 1.29 is 13.5 Å². The number of aromatic nitrogens is 1. The number of rotatable bonds is 7. The van der Waals surface area contributed by atoms with Crippen LogP contribution in [-0.4, -0.2) is 17.7 Å². The molecule has 1 saturated heterocycles. The number of aryl methyl sites for hydroxylation is 1. The first-order chi connectivity index (χ1) is 15.6. The van der Waals surface area contributed by atoms with Crippen LogP contribution in [0.1, 0.15) is 63.0 Å². The summed E-state index contributed by atoms with van der Waals surface area (Å²) < 4.78 is 35.8. The Balaban J connectivity index is 1.51. The third-order valence-corrected chi connectivity index (χ3v) is 6.40. The van der Waals surface area contributed by atoms with Crippen LogP contribution < -0.4 is 0 Å². The molecular weight excluding hydrogens is 404 g/mol. The monoisotopic (exact) mass is 435 g/mol. The van der Waals surface area contributed by atoms with Gasteiger partial charge in [0.05, 0.1) is 18.4 Å². The Morgan fingerprint density at radius 2 is 1.66 bits per heavy atom. The summed E-state index contributed by atoms with van der Waals surface area (Å²) in [4.78, 5) is 4.43. The molecule has 2 nitrogen and oxygen atoms in total. The Morgan fingerprint density at radius 1 is 0.875 bits per heavy atom. The van der Waals surface area contributed by atoms with E-state index in [2.05, 4.69) is 43.1 Å². The molecule has 1 fully saturated rings. The van der Waals surface area contributed by atoms with Gasteiger partial charge >= 0.3 is 0 Å². The van der Waals surface area contributed by atoms with E-state index in [4.69, 9.17) is 4.74 Å². The molecule has 2 unspecified atom stereocenters. The van der Waals surface area contributed by atoms with Gasteiger partial charge in [-0.3, -0.25) is 4.98 Å². The maximum absolute atomic E-state index is 15.0. The van der Waals surface area contributed by atoms with Crippen molar-refractivity contribution in [2.75, 3.05) is 6.61 Å². The fourth-order valence-corrected chi connectivity index (χ4v) is 4.55. The molecule has 1 aliphatic rings. The predicted molar refractivity (Wildman–Crippen MR) is 126 cm³/mol. The summed E-state index contributed by atoms with van der Waals surface area (Å²) >= 11 is 0. The molecule has 0 N–H and O–H groups in total. The minimum absolute atomic E-state index is 0.0994. The highest BCUT2D eigenvalue weighted by molar-refractivity contribution is 5.67. The number of halogens is 2. The van der Waals surface area contributed by atoms with Crippen molar-refractivity contribution in [2.24, 2.45) is 0 Å². The van der Waals surface area contributed by atoms with Gasteiger partial charge in [-0.25, -0.2) is 8.78 Å². The molecule has 1 aromatic heterocycles. The topological polar surface area (TPSA) is 22.1 Å².